The van der Waals surface area contributed by atoms with Crippen LogP contribution in [0, 0.1) is 0 Å². The molecule has 0 spiro atoms. The summed E-state index contributed by atoms with van der Waals surface area (Å²) < 4.78 is 0. The Kier molecular flexibility index (Phi) is 4.77. The van der Waals surface area contributed by atoms with Crippen molar-refractivity contribution in [2.45, 2.75) is 25.8 Å². The molecule has 2 N–H and O–H groups in total. The van der Waals surface area contributed by atoms with Crippen molar-refractivity contribution >= 4 is 11.7 Å². The maximum atomic E-state index is 11.3. The van der Waals surface area contributed by atoms with Gasteiger partial charge in [0.05, 0.1) is 0 Å². The first-order chi connectivity index (χ1) is 9.72. The number of anilines is 1. The van der Waals surface area contributed by atoms with Crippen LogP contribution < -0.4 is 5.32 Å². The molecule has 0 aromatic heterocycles. The van der Waals surface area contributed by atoms with E-state index in [1.54, 1.807) is 0 Å². The zero-order chi connectivity index (χ0) is 14.4. The highest BCUT2D eigenvalue weighted by molar-refractivity contribution is 5.83. The van der Waals surface area contributed by atoms with Gasteiger partial charge in [0.25, 0.3) is 0 Å². The predicted molar refractivity (Wildman–Crippen MR) is 81.8 cm³/mol. The minimum absolute atomic E-state index is 0.551. The van der Waals surface area contributed by atoms with Gasteiger partial charge >= 0.3 is 5.97 Å². The number of hydrogen-bond donors (Lipinski definition) is 2. The molecule has 0 aliphatic rings. The highest BCUT2D eigenvalue weighted by atomic mass is 16.4. The van der Waals surface area contributed by atoms with Gasteiger partial charge in [0.2, 0.25) is 0 Å². The monoisotopic (exact) mass is 269 g/mol. The first-order valence-electron chi connectivity index (χ1n) is 6.86. The minimum Gasteiger partial charge on any atom is -0.480 e. The van der Waals surface area contributed by atoms with Crippen molar-refractivity contribution in [3.8, 4) is 11.1 Å². The Balaban J connectivity index is 2.31. The van der Waals surface area contributed by atoms with Crippen LogP contribution in [0.2, 0.25) is 0 Å². The molecule has 104 valence electrons. The number of aliphatic carboxylic acids is 1. The second-order valence-electron chi connectivity index (χ2n) is 4.74. The highest BCUT2D eigenvalue weighted by Gasteiger charge is 2.17. The second kappa shape index (κ2) is 6.75. The van der Waals surface area contributed by atoms with Crippen molar-refractivity contribution in [2.24, 2.45) is 0 Å². The number of rotatable bonds is 6. The van der Waals surface area contributed by atoms with Crippen molar-refractivity contribution in [2.75, 3.05) is 5.32 Å². The maximum Gasteiger partial charge on any atom is 0.326 e. The van der Waals surface area contributed by atoms with E-state index < -0.39 is 12.0 Å². The molecule has 1 atom stereocenters. The third-order valence-electron chi connectivity index (χ3n) is 3.22. The molecule has 0 aliphatic heterocycles. The van der Waals surface area contributed by atoms with Gasteiger partial charge in [0, 0.05) is 11.3 Å². The molecule has 0 heterocycles. The molecule has 2 rings (SSSR count). The van der Waals surface area contributed by atoms with E-state index >= 15 is 0 Å². The van der Waals surface area contributed by atoms with Crippen molar-refractivity contribution in [1.29, 1.82) is 0 Å². The van der Waals surface area contributed by atoms with E-state index in [9.17, 15) is 9.90 Å². The van der Waals surface area contributed by atoms with Crippen LogP contribution in [-0.2, 0) is 4.79 Å². The Morgan fingerprint density at radius 2 is 1.75 bits per heavy atom. The average Bonchev–Trinajstić information content (AvgIpc) is 2.48. The van der Waals surface area contributed by atoms with Gasteiger partial charge in [-0.2, -0.15) is 0 Å². The first-order valence-corrected chi connectivity index (χ1v) is 6.86. The maximum absolute atomic E-state index is 11.3. The summed E-state index contributed by atoms with van der Waals surface area (Å²) in [4.78, 5) is 11.3. The van der Waals surface area contributed by atoms with Gasteiger partial charge in [-0.15, -0.1) is 0 Å². The number of carboxylic acid groups (broad SMARTS) is 1. The first kappa shape index (κ1) is 14.1. The SMILES string of the molecule is CCCC(Nc1ccccc1-c1ccccc1)C(=O)O. The lowest BCUT2D eigenvalue weighted by atomic mass is 10.0. The Morgan fingerprint density at radius 3 is 2.40 bits per heavy atom. The number of nitrogens with one attached hydrogen (secondary N) is 1. The number of benzene rings is 2. The van der Waals surface area contributed by atoms with Gasteiger partial charge in [-0.3, -0.25) is 0 Å². The fraction of sp³-hybridized carbons (Fsp3) is 0.235. The fourth-order valence-electron chi connectivity index (χ4n) is 2.21. The van der Waals surface area contributed by atoms with Crippen molar-refractivity contribution in [3.63, 3.8) is 0 Å². The molecule has 2 aromatic carbocycles. The summed E-state index contributed by atoms with van der Waals surface area (Å²) in [5.74, 6) is -0.810. The van der Waals surface area contributed by atoms with Crippen LogP contribution in [0.5, 0.6) is 0 Å². The molecule has 0 saturated carbocycles. The van der Waals surface area contributed by atoms with Crippen LogP contribution in [0.25, 0.3) is 11.1 Å². The lowest BCUT2D eigenvalue weighted by Gasteiger charge is -2.18. The fourth-order valence-corrected chi connectivity index (χ4v) is 2.21. The standard InChI is InChI=1S/C17H19NO2/c1-2-8-16(17(19)20)18-15-12-7-6-11-14(15)13-9-4-3-5-10-13/h3-7,9-12,16,18H,2,8H2,1H3,(H,19,20). The molecule has 0 saturated heterocycles. The van der Waals surface area contributed by atoms with Crippen molar-refractivity contribution in [3.05, 3.63) is 54.6 Å². The number of carbonyl (C=O) groups is 1. The third-order valence-corrected chi connectivity index (χ3v) is 3.22. The minimum atomic E-state index is -0.810. The van der Waals surface area contributed by atoms with Gasteiger partial charge in [-0.1, -0.05) is 61.9 Å². The number of carboxylic acids is 1. The number of para-hydroxylation sites is 1. The van der Waals surface area contributed by atoms with Crippen LogP contribution in [-0.4, -0.2) is 17.1 Å². The predicted octanol–water partition coefficient (Wildman–Crippen LogP) is 4.02. The van der Waals surface area contributed by atoms with Gasteiger partial charge in [0.15, 0.2) is 0 Å². The summed E-state index contributed by atoms with van der Waals surface area (Å²) >= 11 is 0. The van der Waals surface area contributed by atoms with Crippen LogP contribution in [0.3, 0.4) is 0 Å². The van der Waals surface area contributed by atoms with E-state index in [-0.39, 0.29) is 0 Å². The quantitative estimate of drug-likeness (QED) is 0.832. The summed E-state index contributed by atoms with van der Waals surface area (Å²) in [5.41, 5.74) is 2.96. The van der Waals surface area contributed by atoms with Gasteiger partial charge in [-0.25, -0.2) is 4.79 Å². The van der Waals surface area contributed by atoms with Crippen molar-refractivity contribution in [1.82, 2.24) is 0 Å². The highest BCUT2D eigenvalue weighted by Crippen LogP contribution is 2.28. The number of hydrogen-bond acceptors (Lipinski definition) is 2. The van der Waals surface area contributed by atoms with Gasteiger partial charge < -0.3 is 10.4 Å². The molecule has 2 aromatic rings. The molecule has 3 heteroatoms. The van der Waals surface area contributed by atoms with Crippen LogP contribution in [0.1, 0.15) is 19.8 Å². The molecular formula is C17H19NO2. The van der Waals surface area contributed by atoms with Crippen LogP contribution in [0.4, 0.5) is 5.69 Å². The van der Waals surface area contributed by atoms with E-state index in [1.807, 2.05) is 61.5 Å². The lowest BCUT2D eigenvalue weighted by Crippen LogP contribution is -2.29. The molecule has 0 fully saturated rings. The molecule has 1 unspecified atom stereocenters. The molecule has 0 bridgehead atoms. The average molecular weight is 269 g/mol. The topological polar surface area (TPSA) is 49.3 Å². The van der Waals surface area contributed by atoms with Gasteiger partial charge in [0.1, 0.15) is 6.04 Å². The lowest BCUT2D eigenvalue weighted by molar-refractivity contribution is -0.138. The zero-order valence-electron chi connectivity index (χ0n) is 11.5. The van der Waals surface area contributed by atoms with E-state index in [0.717, 1.165) is 23.2 Å². The Labute approximate surface area is 119 Å². The normalized spacial score (nSPS) is 11.8. The summed E-state index contributed by atoms with van der Waals surface area (Å²) in [6, 6.07) is 17.2. The summed E-state index contributed by atoms with van der Waals surface area (Å²) in [6.45, 7) is 1.99. The van der Waals surface area contributed by atoms with E-state index in [2.05, 4.69) is 5.32 Å². The summed E-state index contributed by atoms with van der Waals surface area (Å²) in [5, 5.41) is 12.4. The Morgan fingerprint density at radius 1 is 1.10 bits per heavy atom. The van der Waals surface area contributed by atoms with E-state index in [0.29, 0.717) is 6.42 Å². The second-order valence-corrected chi connectivity index (χ2v) is 4.74. The van der Waals surface area contributed by atoms with Crippen LogP contribution >= 0.6 is 0 Å². The summed E-state index contributed by atoms with van der Waals surface area (Å²) in [7, 11) is 0. The molecule has 0 aliphatic carbocycles. The molecular weight excluding hydrogens is 250 g/mol. The Bertz CT molecular complexity index is 566. The van der Waals surface area contributed by atoms with Gasteiger partial charge in [-0.05, 0) is 18.1 Å². The molecule has 20 heavy (non-hydrogen) atoms. The molecule has 0 amide bonds. The Hall–Kier alpha value is -2.29. The zero-order valence-corrected chi connectivity index (χ0v) is 11.5. The van der Waals surface area contributed by atoms with Crippen LogP contribution in [0.15, 0.2) is 54.6 Å². The van der Waals surface area contributed by atoms with Crippen molar-refractivity contribution < 1.29 is 9.90 Å². The smallest absolute Gasteiger partial charge is 0.326 e. The molecule has 3 nitrogen and oxygen atoms in total. The van der Waals surface area contributed by atoms with E-state index in [1.165, 1.54) is 0 Å². The third kappa shape index (κ3) is 3.38. The van der Waals surface area contributed by atoms with E-state index in [4.69, 9.17) is 0 Å². The summed E-state index contributed by atoms with van der Waals surface area (Å²) in [6.07, 6.45) is 1.44. The molecule has 0 radical (unpaired) electrons. The largest absolute Gasteiger partial charge is 0.480 e.